The topological polar surface area (TPSA) is 42.0 Å². The first-order valence-corrected chi connectivity index (χ1v) is 9.95. The summed E-state index contributed by atoms with van der Waals surface area (Å²) in [5.74, 6) is 0.0224. The van der Waals surface area contributed by atoms with Crippen LogP contribution in [0.3, 0.4) is 0 Å². The molecule has 6 heteroatoms. The Morgan fingerprint density at radius 2 is 2.05 bits per heavy atom. The van der Waals surface area contributed by atoms with Gasteiger partial charge in [-0.15, -0.1) is 23.1 Å². The van der Waals surface area contributed by atoms with Crippen molar-refractivity contribution in [1.82, 2.24) is 4.98 Å². The highest BCUT2D eigenvalue weighted by atomic mass is 79.9. The Bertz CT molecular complexity index is 610. The van der Waals surface area contributed by atoms with Gasteiger partial charge in [-0.05, 0) is 30.5 Å². The normalized spacial score (nSPS) is 16.6. The minimum absolute atomic E-state index is 0.0224. The molecule has 116 valence electrons. The molecule has 1 amide bonds. The maximum absolute atomic E-state index is 12.7. The number of anilines is 1. The summed E-state index contributed by atoms with van der Waals surface area (Å²) in [6.07, 6.45) is 6.68. The molecule has 0 bridgehead atoms. The third-order valence-corrected chi connectivity index (χ3v) is 6.54. The molecular formula is C16H17BrN2OS2. The summed E-state index contributed by atoms with van der Waals surface area (Å²) in [4.78, 5) is 16.9. The van der Waals surface area contributed by atoms with Gasteiger partial charge in [0.2, 0.25) is 5.91 Å². The number of aromatic nitrogens is 1. The van der Waals surface area contributed by atoms with Gasteiger partial charge in [-0.2, -0.15) is 0 Å². The zero-order valence-electron chi connectivity index (χ0n) is 12.0. The second-order valence-corrected chi connectivity index (χ2v) is 8.52. The number of hydrogen-bond acceptors (Lipinski definition) is 4. The van der Waals surface area contributed by atoms with E-state index in [0.29, 0.717) is 10.4 Å². The van der Waals surface area contributed by atoms with E-state index in [4.69, 9.17) is 0 Å². The Morgan fingerprint density at radius 1 is 1.32 bits per heavy atom. The van der Waals surface area contributed by atoms with Gasteiger partial charge in [-0.3, -0.25) is 4.79 Å². The van der Waals surface area contributed by atoms with E-state index in [2.05, 4.69) is 26.2 Å². The van der Waals surface area contributed by atoms with E-state index in [0.717, 1.165) is 10.0 Å². The zero-order chi connectivity index (χ0) is 15.4. The van der Waals surface area contributed by atoms with Gasteiger partial charge in [0.05, 0.1) is 0 Å². The number of carbonyl (C=O) groups excluding carboxylic acids is 1. The van der Waals surface area contributed by atoms with Gasteiger partial charge in [0.25, 0.3) is 0 Å². The molecule has 1 aromatic carbocycles. The molecule has 22 heavy (non-hydrogen) atoms. The summed E-state index contributed by atoms with van der Waals surface area (Å²) in [7, 11) is 0. The number of thioether (sulfide) groups is 1. The second-order valence-electron chi connectivity index (χ2n) is 5.30. The molecular weight excluding hydrogens is 380 g/mol. The van der Waals surface area contributed by atoms with Crippen LogP contribution < -0.4 is 5.32 Å². The van der Waals surface area contributed by atoms with E-state index in [-0.39, 0.29) is 11.2 Å². The Balaban J connectivity index is 1.77. The molecule has 0 radical (unpaired) electrons. The van der Waals surface area contributed by atoms with Crippen molar-refractivity contribution in [3.63, 3.8) is 0 Å². The quantitative estimate of drug-likeness (QED) is 0.748. The summed E-state index contributed by atoms with van der Waals surface area (Å²) in [6, 6.07) is 8.04. The predicted molar refractivity (Wildman–Crippen MR) is 97.5 cm³/mol. The van der Waals surface area contributed by atoms with Gasteiger partial charge in [-0.1, -0.05) is 40.9 Å². The number of benzene rings is 1. The predicted octanol–water partition coefficient (Wildman–Crippen LogP) is 5.26. The van der Waals surface area contributed by atoms with Crippen LogP contribution in [0.2, 0.25) is 0 Å². The highest BCUT2D eigenvalue weighted by molar-refractivity contribution is 9.10. The highest BCUT2D eigenvalue weighted by Crippen LogP contribution is 2.40. The first-order valence-electron chi connectivity index (χ1n) is 7.33. The largest absolute Gasteiger partial charge is 0.301 e. The van der Waals surface area contributed by atoms with Gasteiger partial charge in [0.1, 0.15) is 5.25 Å². The maximum Gasteiger partial charge on any atom is 0.243 e. The Labute approximate surface area is 147 Å². The van der Waals surface area contributed by atoms with Crippen LogP contribution in [0.1, 0.15) is 36.5 Å². The molecule has 0 aliphatic heterocycles. The molecule has 1 aromatic heterocycles. The van der Waals surface area contributed by atoms with Gasteiger partial charge in [-0.25, -0.2) is 4.98 Å². The molecule has 0 saturated heterocycles. The van der Waals surface area contributed by atoms with Crippen molar-refractivity contribution in [1.29, 1.82) is 0 Å². The molecule has 3 rings (SSSR count). The lowest BCUT2D eigenvalue weighted by Crippen LogP contribution is -2.20. The fourth-order valence-electron chi connectivity index (χ4n) is 2.60. The van der Waals surface area contributed by atoms with E-state index >= 15 is 0 Å². The maximum atomic E-state index is 12.7. The van der Waals surface area contributed by atoms with E-state index in [1.54, 1.807) is 18.0 Å². The van der Waals surface area contributed by atoms with Crippen molar-refractivity contribution in [2.24, 2.45) is 0 Å². The number of amides is 1. The number of hydrogen-bond donors (Lipinski definition) is 1. The molecule has 1 atom stereocenters. The van der Waals surface area contributed by atoms with Crippen LogP contribution in [-0.4, -0.2) is 16.1 Å². The number of nitrogens with zero attached hydrogens (tertiary/aromatic N) is 1. The van der Waals surface area contributed by atoms with Crippen LogP contribution in [0.25, 0.3) is 0 Å². The summed E-state index contributed by atoms with van der Waals surface area (Å²) in [6.45, 7) is 0. The van der Waals surface area contributed by atoms with Crippen LogP contribution in [0.5, 0.6) is 0 Å². The average molecular weight is 397 g/mol. The average Bonchev–Trinajstić information content (AvgIpc) is 3.19. The highest BCUT2D eigenvalue weighted by Gasteiger charge is 2.27. The lowest BCUT2D eigenvalue weighted by Gasteiger charge is -2.20. The van der Waals surface area contributed by atoms with Crippen molar-refractivity contribution in [3.8, 4) is 0 Å². The van der Waals surface area contributed by atoms with E-state index in [9.17, 15) is 4.79 Å². The van der Waals surface area contributed by atoms with E-state index in [1.807, 2.05) is 29.6 Å². The zero-order valence-corrected chi connectivity index (χ0v) is 15.2. The fourth-order valence-corrected chi connectivity index (χ4v) is 4.89. The van der Waals surface area contributed by atoms with Crippen LogP contribution in [-0.2, 0) is 4.79 Å². The first kappa shape index (κ1) is 16.0. The molecule has 3 nitrogen and oxygen atoms in total. The minimum atomic E-state index is -0.180. The van der Waals surface area contributed by atoms with E-state index in [1.165, 1.54) is 37.0 Å². The smallest absolute Gasteiger partial charge is 0.243 e. The minimum Gasteiger partial charge on any atom is -0.301 e. The molecule has 1 saturated carbocycles. The molecule has 1 heterocycles. The van der Waals surface area contributed by atoms with Gasteiger partial charge >= 0.3 is 0 Å². The molecule has 0 spiro atoms. The molecule has 2 aromatic rings. The van der Waals surface area contributed by atoms with Crippen LogP contribution in [0.4, 0.5) is 5.13 Å². The number of rotatable bonds is 5. The van der Waals surface area contributed by atoms with Crippen molar-refractivity contribution < 1.29 is 4.79 Å². The molecule has 1 N–H and O–H groups in total. The Kier molecular flexibility index (Phi) is 5.55. The number of nitrogens with one attached hydrogen (secondary N) is 1. The molecule has 1 aliphatic carbocycles. The third-order valence-electron chi connectivity index (χ3n) is 3.70. The molecule has 1 aliphatic rings. The van der Waals surface area contributed by atoms with Crippen LogP contribution in [0.15, 0.2) is 40.3 Å². The number of halogens is 1. The SMILES string of the molecule is O=C(Nc1nccs1)C(SC1CCCC1)c1ccc(Br)cc1. The van der Waals surface area contributed by atoms with Crippen molar-refractivity contribution in [2.75, 3.05) is 5.32 Å². The first-order chi connectivity index (χ1) is 10.7. The lowest BCUT2D eigenvalue weighted by atomic mass is 10.1. The standard InChI is InChI=1S/C16H17BrN2OS2/c17-12-7-5-11(6-8-12)14(22-13-3-1-2-4-13)15(20)19-16-18-9-10-21-16/h5-10,13-14H,1-4H2,(H,18,19,20). The summed E-state index contributed by atoms with van der Waals surface area (Å²) in [5.41, 5.74) is 1.05. The lowest BCUT2D eigenvalue weighted by molar-refractivity contribution is -0.115. The van der Waals surface area contributed by atoms with Crippen molar-refractivity contribution >= 4 is 50.1 Å². The molecule has 1 unspecified atom stereocenters. The van der Waals surface area contributed by atoms with E-state index < -0.39 is 0 Å². The van der Waals surface area contributed by atoms with Crippen LogP contribution in [0, 0.1) is 0 Å². The number of carbonyl (C=O) groups is 1. The van der Waals surface area contributed by atoms with Gasteiger partial charge in [0, 0.05) is 21.3 Å². The molecule has 1 fully saturated rings. The Morgan fingerprint density at radius 3 is 2.68 bits per heavy atom. The summed E-state index contributed by atoms with van der Waals surface area (Å²) in [5, 5.41) is 5.88. The summed E-state index contributed by atoms with van der Waals surface area (Å²) >= 11 is 6.69. The van der Waals surface area contributed by atoms with Crippen molar-refractivity contribution in [3.05, 3.63) is 45.9 Å². The Hall–Kier alpha value is -0.850. The van der Waals surface area contributed by atoms with Gasteiger partial charge in [0.15, 0.2) is 5.13 Å². The fraction of sp³-hybridized carbons (Fsp3) is 0.375. The van der Waals surface area contributed by atoms with Gasteiger partial charge < -0.3 is 5.32 Å². The number of thiazole rings is 1. The monoisotopic (exact) mass is 396 g/mol. The van der Waals surface area contributed by atoms with Crippen LogP contribution >= 0.6 is 39.0 Å². The second kappa shape index (κ2) is 7.62. The summed E-state index contributed by atoms with van der Waals surface area (Å²) < 4.78 is 1.03. The van der Waals surface area contributed by atoms with Crippen molar-refractivity contribution in [2.45, 2.75) is 36.2 Å². The third kappa shape index (κ3) is 4.12.